The van der Waals surface area contributed by atoms with Crippen LogP contribution in [-0.4, -0.2) is 28.9 Å². The lowest BCUT2D eigenvalue weighted by Gasteiger charge is -2.19. The minimum atomic E-state index is -3.01. The minimum Gasteiger partial charge on any atom is -0.250 e. The Kier molecular flexibility index (Phi) is 2.69. The molecule has 1 saturated heterocycles. The van der Waals surface area contributed by atoms with E-state index in [1.54, 1.807) is 0 Å². The molecule has 1 atom stereocenters. The van der Waals surface area contributed by atoms with Gasteiger partial charge in [0.15, 0.2) is 15.7 Å². The molecule has 2 aliphatic rings. The van der Waals surface area contributed by atoms with Crippen molar-refractivity contribution in [1.29, 1.82) is 0 Å². The van der Waals surface area contributed by atoms with Crippen LogP contribution in [0.25, 0.3) is 0 Å². The van der Waals surface area contributed by atoms with E-state index in [4.69, 9.17) is 0 Å². The Balaban J connectivity index is 1.95. The van der Waals surface area contributed by atoms with Crippen molar-refractivity contribution in [3.63, 3.8) is 0 Å². The average molecular weight is 255 g/mol. The van der Waals surface area contributed by atoms with Gasteiger partial charge in [-0.1, -0.05) is 6.42 Å². The van der Waals surface area contributed by atoms with Crippen molar-refractivity contribution in [1.82, 2.24) is 14.8 Å². The molecular formula is C11H17N3O2S. The molecule has 1 aromatic heterocycles. The summed E-state index contributed by atoms with van der Waals surface area (Å²) in [6, 6.07) is 0. The second-order valence-electron chi connectivity index (χ2n) is 4.92. The fourth-order valence-corrected chi connectivity index (χ4v) is 4.52. The van der Waals surface area contributed by atoms with Crippen LogP contribution in [0, 0.1) is 0 Å². The van der Waals surface area contributed by atoms with Crippen LogP contribution < -0.4 is 0 Å². The molecule has 0 saturated carbocycles. The minimum absolute atomic E-state index is 0.293. The van der Waals surface area contributed by atoms with Crippen molar-refractivity contribution < 1.29 is 8.42 Å². The van der Waals surface area contributed by atoms with Gasteiger partial charge in [0.2, 0.25) is 0 Å². The first-order valence-electron chi connectivity index (χ1n) is 6.32. The summed E-state index contributed by atoms with van der Waals surface area (Å²) in [6.07, 6.45) is 5.62. The highest BCUT2D eigenvalue weighted by molar-refractivity contribution is 7.91. The van der Waals surface area contributed by atoms with Gasteiger partial charge in [-0.05, 0) is 25.7 Å². The van der Waals surface area contributed by atoms with Crippen LogP contribution >= 0.6 is 0 Å². The standard InChI is InChI=1S/C11H17N3O2S/c15-17(16)8-4-2-5-9(17)11-12-10-6-1-3-7-14(10)13-11/h9H,1-8H2. The fraction of sp³-hybridized carbons (Fsp3) is 0.818. The van der Waals surface area contributed by atoms with Gasteiger partial charge >= 0.3 is 0 Å². The van der Waals surface area contributed by atoms with Crippen LogP contribution in [0.3, 0.4) is 0 Å². The van der Waals surface area contributed by atoms with Crippen molar-refractivity contribution in [2.24, 2.45) is 0 Å². The molecule has 0 spiro atoms. The molecule has 5 nitrogen and oxygen atoms in total. The Morgan fingerprint density at radius 1 is 1.18 bits per heavy atom. The van der Waals surface area contributed by atoms with Crippen molar-refractivity contribution in [3.8, 4) is 0 Å². The number of fused-ring (bicyclic) bond motifs is 1. The lowest BCUT2D eigenvalue weighted by Crippen LogP contribution is -2.22. The van der Waals surface area contributed by atoms with Gasteiger partial charge in [-0.15, -0.1) is 0 Å². The number of hydrogen-bond acceptors (Lipinski definition) is 4. The van der Waals surface area contributed by atoms with Crippen LogP contribution in [0.4, 0.5) is 0 Å². The van der Waals surface area contributed by atoms with Crippen LogP contribution in [0.2, 0.25) is 0 Å². The Morgan fingerprint density at radius 2 is 2.06 bits per heavy atom. The van der Waals surface area contributed by atoms with E-state index in [1.807, 2.05) is 4.68 Å². The summed E-state index contributed by atoms with van der Waals surface area (Å²) in [5, 5.41) is 3.95. The van der Waals surface area contributed by atoms with Crippen LogP contribution in [0.5, 0.6) is 0 Å². The third kappa shape index (κ3) is 1.99. The largest absolute Gasteiger partial charge is 0.250 e. The van der Waals surface area contributed by atoms with Crippen molar-refractivity contribution >= 4 is 9.84 Å². The summed E-state index contributed by atoms with van der Waals surface area (Å²) in [7, 11) is -3.01. The van der Waals surface area contributed by atoms with E-state index in [-0.39, 0.29) is 0 Å². The number of rotatable bonds is 1. The maximum atomic E-state index is 12.0. The molecule has 1 aromatic rings. The lowest BCUT2D eigenvalue weighted by atomic mass is 10.2. The molecule has 0 bridgehead atoms. The maximum absolute atomic E-state index is 12.0. The predicted octanol–water partition coefficient (Wildman–Crippen LogP) is 1.25. The van der Waals surface area contributed by atoms with Gasteiger partial charge in [0.25, 0.3) is 0 Å². The summed E-state index contributed by atoms with van der Waals surface area (Å²) in [5.74, 6) is 1.80. The molecule has 17 heavy (non-hydrogen) atoms. The van der Waals surface area contributed by atoms with Crippen LogP contribution in [0.15, 0.2) is 0 Å². The SMILES string of the molecule is O=S1(=O)CCCCC1c1nc2n(n1)CCCC2. The zero-order valence-electron chi connectivity index (χ0n) is 9.80. The topological polar surface area (TPSA) is 64.8 Å². The second-order valence-corrected chi connectivity index (χ2v) is 7.22. The smallest absolute Gasteiger partial charge is 0.169 e. The highest BCUT2D eigenvalue weighted by Gasteiger charge is 2.34. The van der Waals surface area contributed by atoms with E-state index in [0.29, 0.717) is 18.0 Å². The van der Waals surface area contributed by atoms with E-state index in [0.717, 1.165) is 44.5 Å². The highest BCUT2D eigenvalue weighted by atomic mass is 32.2. The van der Waals surface area contributed by atoms with Crippen molar-refractivity contribution in [2.45, 2.75) is 50.3 Å². The van der Waals surface area contributed by atoms with Gasteiger partial charge in [0, 0.05) is 13.0 Å². The first kappa shape index (κ1) is 11.2. The molecule has 0 radical (unpaired) electrons. The maximum Gasteiger partial charge on any atom is 0.169 e. The summed E-state index contributed by atoms with van der Waals surface area (Å²) in [6.45, 7) is 0.884. The third-order valence-corrected chi connectivity index (χ3v) is 5.82. The second kappa shape index (κ2) is 4.08. The Hall–Kier alpha value is -0.910. The van der Waals surface area contributed by atoms with E-state index in [9.17, 15) is 8.42 Å². The molecule has 2 aliphatic heterocycles. The predicted molar refractivity (Wildman–Crippen MR) is 63.3 cm³/mol. The zero-order valence-corrected chi connectivity index (χ0v) is 10.6. The molecule has 0 N–H and O–H groups in total. The quantitative estimate of drug-likeness (QED) is 0.757. The molecule has 6 heteroatoms. The average Bonchev–Trinajstić information content (AvgIpc) is 2.71. The van der Waals surface area contributed by atoms with Gasteiger partial charge in [-0.2, -0.15) is 5.10 Å². The van der Waals surface area contributed by atoms with Gasteiger partial charge in [0.1, 0.15) is 11.1 Å². The number of aromatic nitrogens is 3. The Morgan fingerprint density at radius 3 is 2.82 bits per heavy atom. The van der Waals surface area contributed by atoms with Crippen LogP contribution in [-0.2, 0) is 22.8 Å². The van der Waals surface area contributed by atoms with E-state index >= 15 is 0 Å². The normalized spacial score (nSPS) is 27.6. The number of nitrogens with zero attached hydrogens (tertiary/aromatic N) is 3. The summed E-state index contributed by atoms with van der Waals surface area (Å²) in [4.78, 5) is 4.44. The van der Waals surface area contributed by atoms with Gasteiger partial charge in [0.05, 0.1) is 5.75 Å². The molecule has 94 valence electrons. The summed E-state index contributed by atoms with van der Waals surface area (Å²) < 4.78 is 25.9. The molecule has 3 rings (SSSR count). The highest BCUT2D eigenvalue weighted by Crippen LogP contribution is 2.32. The number of sulfone groups is 1. The number of hydrogen-bond donors (Lipinski definition) is 0. The Labute approximate surface area is 101 Å². The van der Waals surface area contributed by atoms with Crippen molar-refractivity contribution in [3.05, 3.63) is 11.6 Å². The van der Waals surface area contributed by atoms with E-state index in [2.05, 4.69) is 10.1 Å². The van der Waals surface area contributed by atoms with Crippen molar-refractivity contribution in [2.75, 3.05) is 5.75 Å². The van der Waals surface area contributed by atoms with Gasteiger partial charge < -0.3 is 0 Å². The van der Waals surface area contributed by atoms with Gasteiger partial charge in [-0.3, -0.25) is 0 Å². The van der Waals surface area contributed by atoms with E-state index in [1.165, 1.54) is 0 Å². The molecular weight excluding hydrogens is 238 g/mol. The Bertz CT molecular complexity index is 497. The zero-order chi connectivity index (χ0) is 11.9. The fourth-order valence-electron chi connectivity index (χ4n) is 2.68. The van der Waals surface area contributed by atoms with Gasteiger partial charge in [-0.25, -0.2) is 18.1 Å². The number of aryl methyl sites for hydroxylation is 2. The lowest BCUT2D eigenvalue weighted by molar-refractivity contribution is 0.476. The molecule has 3 heterocycles. The molecule has 1 unspecified atom stereocenters. The molecule has 0 amide bonds. The third-order valence-electron chi connectivity index (χ3n) is 3.65. The molecule has 1 fully saturated rings. The summed E-state index contributed by atoms with van der Waals surface area (Å²) >= 11 is 0. The molecule has 0 aromatic carbocycles. The van der Waals surface area contributed by atoms with Crippen LogP contribution in [0.1, 0.15) is 49.0 Å². The summed E-state index contributed by atoms with van der Waals surface area (Å²) in [5.41, 5.74) is 0. The monoisotopic (exact) mass is 255 g/mol. The first-order chi connectivity index (χ1) is 8.17. The first-order valence-corrected chi connectivity index (χ1v) is 8.03. The van der Waals surface area contributed by atoms with E-state index < -0.39 is 15.1 Å². The molecule has 0 aliphatic carbocycles.